The molecule has 8 heteroatoms. The number of aromatic nitrogens is 2. The van der Waals surface area contributed by atoms with E-state index in [2.05, 4.69) is 15.6 Å². The number of ether oxygens (including phenoxy) is 2. The van der Waals surface area contributed by atoms with Gasteiger partial charge in [-0.1, -0.05) is 40.6 Å². The monoisotopic (exact) mass is 403 g/mol. The molecule has 2 aromatic heterocycles. The van der Waals surface area contributed by atoms with Gasteiger partial charge in [0.25, 0.3) is 5.91 Å². The lowest BCUT2D eigenvalue weighted by molar-refractivity contribution is 0.0941. The molecule has 1 aliphatic rings. The standard InChI is InChI=1S/C22H17N3O5/c26-22(17-12-20(30-25-17)14-4-2-1-3-5-14)23-13-16-11-19(29-24-16)15-6-7-18-21(10-15)28-9-8-27-18/h1-7,10-12H,8-9,13H2,(H,23,26). The molecule has 0 saturated heterocycles. The van der Waals surface area contributed by atoms with E-state index in [4.69, 9.17) is 18.5 Å². The number of carbonyl (C=O) groups is 1. The van der Waals surface area contributed by atoms with Crippen molar-refractivity contribution in [2.45, 2.75) is 6.54 Å². The van der Waals surface area contributed by atoms with Crippen LogP contribution in [0.4, 0.5) is 0 Å². The van der Waals surface area contributed by atoms with Crippen LogP contribution < -0.4 is 14.8 Å². The minimum absolute atomic E-state index is 0.195. The Hall–Kier alpha value is -4.07. The topological polar surface area (TPSA) is 99.6 Å². The smallest absolute Gasteiger partial charge is 0.273 e. The SMILES string of the molecule is O=C(NCc1cc(-c2ccc3c(c2)OCCO3)on1)c1cc(-c2ccccc2)on1. The normalized spacial score (nSPS) is 12.5. The lowest BCUT2D eigenvalue weighted by Gasteiger charge is -2.18. The number of nitrogens with one attached hydrogen (secondary N) is 1. The van der Waals surface area contributed by atoms with Gasteiger partial charge in [-0.3, -0.25) is 4.79 Å². The summed E-state index contributed by atoms with van der Waals surface area (Å²) in [7, 11) is 0. The second kappa shape index (κ2) is 7.75. The third-order valence-corrected chi connectivity index (χ3v) is 4.62. The maximum absolute atomic E-state index is 12.4. The van der Waals surface area contributed by atoms with Crippen molar-refractivity contribution < 1.29 is 23.3 Å². The molecule has 150 valence electrons. The first-order valence-corrected chi connectivity index (χ1v) is 9.42. The van der Waals surface area contributed by atoms with Crippen LogP contribution in [0.5, 0.6) is 11.5 Å². The first-order valence-electron chi connectivity index (χ1n) is 9.42. The molecule has 1 N–H and O–H groups in total. The Morgan fingerprint density at radius 3 is 2.47 bits per heavy atom. The minimum atomic E-state index is -0.357. The van der Waals surface area contributed by atoms with Crippen LogP contribution in [0.1, 0.15) is 16.2 Å². The zero-order valence-electron chi connectivity index (χ0n) is 15.8. The van der Waals surface area contributed by atoms with E-state index in [1.54, 1.807) is 12.1 Å². The number of amides is 1. The maximum Gasteiger partial charge on any atom is 0.273 e. The largest absolute Gasteiger partial charge is 0.486 e. The van der Waals surface area contributed by atoms with Gasteiger partial charge in [0.1, 0.15) is 18.9 Å². The highest BCUT2D eigenvalue weighted by Gasteiger charge is 2.16. The average molecular weight is 403 g/mol. The van der Waals surface area contributed by atoms with E-state index in [1.807, 2.05) is 48.5 Å². The molecule has 0 radical (unpaired) electrons. The van der Waals surface area contributed by atoms with E-state index >= 15 is 0 Å². The fourth-order valence-corrected chi connectivity index (χ4v) is 3.11. The summed E-state index contributed by atoms with van der Waals surface area (Å²) < 4.78 is 21.8. The van der Waals surface area contributed by atoms with Crippen LogP contribution in [0.3, 0.4) is 0 Å². The zero-order chi connectivity index (χ0) is 20.3. The molecule has 8 nitrogen and oxygen atoms in total. The Morgan fingerprint density at radius 2 is 1.60 bits per heavy atom. The van der Waals surface area contributed by atoms with Crippen molar-refractivity contribution in [2.24, 2.45) is 0 Å². The van der Waals surface area contributed by atoms with E-state index in [0.717, 1.165) is 11.1 Å². The molecule has 5 rings (SSSR count). The Morgan fingerprint density at radius 1 is 0.833 bits per heavy atom. The summed E-state index contributed by atoms with van der Waals surface area (Å²) in [5, 5.41) is 10.6. The van der Waals surface area contributed by atoms with E-state index < -0.39 is 0 Å². The zero-order valence-corrected chi connectivity index (χ0v) is 15.8. The van der Waals surface area contributed by atoms with Crippen LogP contribution in [-0.2, 0) is 6.54 Å². The molecular weight excluding hydrogens is 386 g/mol. The van der Waals surface area contributed by atoms with Gasteiger partial charge < -0.3 is 23.8 Å². The predicted octanol–water partition coefficient (Wildman–Crippen LogP) is 3.70. The molecule has 30 heavy (non-hydrogen) atoms. The van der Waals surface area contributed by atoms with Crippen molar-refractivity contribution in [3.05, 3.63) is 72.1 Å². The third-order valence-electron chi connectivity index (χ3n) is 4.62. The maximum atomic E-state index is 12.4. The molecule has 0 bridgehead atoms. The van der Waals surface area contributed by atoms with Gasteiger partial charge in [-0.25, -0.2) is 0 Å². The second-order valence-corrected chi connectivity index (χ2v) is 6.67. The van der Waals surface area contributed by atoms with Crippen molar-refractivity contribution in [1.29, 1.82) is 0 Å². The van der Waals surface area contributed by atoms with Gasteiger partial charge in [-0.05, 0) is 18.2 Å². The summed E-state index contributed by atoms with van der Waals surface area (Å²) in [6, 6.07) is 18.4. The molecule has 0 fully saturated rings. The van der Waals surface area contributed by atoms with Crippen molar-refractivity contribution in [2.75, 3.05) is 13.2 Å². The molecular formula is C22H17N3O5. The fourth-order valence-electron chi connectivity index (χ4n) is 3.11. The van der Waals surface area contributed by atoms with Gasteiger partial charge in [0, 0.05) is 23.3 Å². The molecule has 0 spiro atoms. The summed E-state index contributed by atoms with van der Waals surface area (Å²) in [6.07, 6.45) is 0. The van der Waals surface area contributed by atoms with Crippen LogP contribution >= 0.6 is 0 Å². The second-order valence-electron chi connectivity index (χ2n) is 6.67. The first-order chi connectivity index (χ1) is 14.8. The summed E-state index contributed by atoms with van der Waals surface area (Å²) in [6.45, 7) is 1.25. The van der Waals surface area contributed by atoms with Crippen LogP contribution in [0, 0.1) is 0 Å². The van der Waals surface area contributed by atoms with Gasteiger partial charge >= 0.3 is 0 Å². The van der Waals surface area contributed by atoms with Gasteiger partial charge in [-0.2, -0.15) is 0 Å². The molecule has 0 aliphatic carbocycles. The highest BCUT2D eigenvalue weighted by Crippen LogP contribution is 2.34. The van der Waals surface area contributed by atoms with E-state index in [1.165, 1.54) is 0 Å². The van der Waals surface area contributed by atoms with Gasteiger partial charge in [0.05, 0.1) is 6.54 Å². The number of rotatable bonds is 5. The van der Waals surface area contributed by atoms with Crippen molar-refractivity contribution in [3.8, 4) is 34.1 Å². The Bertz CT molecular complexity index is 1180. The Labute approximate surface area is 171 Å². The van der Waals surface area contributed by atoms with E-state index in [-0.39, 0.29) is 18.1 Å². The molecule has 0 atom stereocenters. The lowest BCUT2D eigenvalue weighted by Crippen LogP contribution is -2.23. The first kappa shape index (κ1) is 18.0. The van der Waals surface area contributed by atoms with Crippen LogP contribution in [0.25, 0.3) is 22.6 Å². The summed E-state index contributed by atoms with van der Waals surface area (Å²) >= 11 is 0. The number of nitrogens with zero attached hydrogens (tertiary/aromatic N) is 2. The number of hydrogen-bond acceptors (Lipinski definition) is 7. The van der Waals surface area contributed by atoms with Crippen LogP contribution in [0.15, 0.2) is 69.7 Å². The van der Waals surface area contributed by atoms with Crippen molar-refractivity contribution >= 4 is 5.91 Å². The van der Waals surface area contributed by atoms with Crippen LogP contribution in [0.2, 0.25) is 0 Å². The van der Waals surface area contributed by atoms with Crippen molar-refractivity contribution in [3.63, 3.8) is 0 Å². The number of carbonyl (C=O) groups excluding carboxylic acids is 1. The Balaban J connectivity index is 1.24. The molecule has 0 saturated carbocycles. The summed E-state index contributed by atoms with van der Waals surface area (Å²) in [4.78, 5) is 12.4. The summed E-state index contributed by atoms with van der Waals surface area (Å²) in [5.41, 5.74) is 2.45. The number of benzene rings is 2. The van der Waals surface area contributed by atoms with E-state index in [9.17, 15) is 4.79 Å². The van der Waals surface area contributed by atoms with Gasteiger partial charge in [0.2, 0.25) is 0 Å². The molecule has 1 amide bonds. The molecule has 3 heterocycles. The van der Waals surface area contributed by atoms with Gasteiger partial charge in [0.15, 0.2) is 28.7 Å². The highest BCUT2D eigenvalue weighted by molar-refractivity contribution is 5.93. The highest BCUT2D eigenvalue weighted by atomic mass is 16.6. The number of fused-ring (bicyclic) bond motifs is 1. The van der Waals surface area contributed by atoms with Crippen molar-refractivity contribution in [1.82, 2.24) is 15.6 Å². The third kappa shape index (κ3) is 3.62. The minimum Gasteiger partial charge on any atom is -0.486 e. The summed E-state index contributed by atoms with van der Waals surface area (Å²) in [5.74, 6) is 2.13. The molecule has 2 aromatic carbocycles. The quantitative estimate of drug-likeness (QED) is 0.542. The molecule has 4 aromatic rings. The van der Waals surface area contributed by atoms with E-state index in [0.29, 0.717) is 41.9 Å². The predicted molar refractivity (Wildman–Crippen MR) is 106 cm³/mol. The average Bonchev–Trinajstić information content (AvgIpc) is 3.48. The lowest BCUT2D eigenvalue weighted by atomic mass is 10.1. The Kier molecular flexibility index (Phi) is 4.65. The molecule has 1 aliphatic heterocycles. The number of hydrogen-bond donors (Lipinski definition) is 1. The fraction of sp³-hybridized carbons (Fsp3) is 0.136. The van der Waals surface area contributed by atoms with Gasteiger partial charge in [-0.15, -0.1) is 0 Å². The molecule has 0 unspecified atom stereocenters. The van der Waals surface area contributed by atoms with Crippen LogP contribution in [-0.4, -0.2) is 29.4 Å².